The normalized spacial score (nSPS) is 11.9. The van der Waals surface area contributed by atoms with E-state index in [2.05, 4.69) is 161 Å². The first kappa shape index (κ1) is 31.5. The molecule has 12 aromatic rings. The van der Waals surface area contributed by atoms with Crippen molar-refractivity contribution in [1.29, 1.82) is 0 Å². The standard InChI is InChI=1S/C51H31N5O/c1-3-15-32(16-4-1)49-52-50(34-18-13-17-33(29-34)36-24-14-28-47-48(36)39-23-9-12-27-46(39)57-47)54-51(53-49)56-43-26-11-8-22-38(43)41-30-44-40(31-45(41)56)37-21-7-10-25-42(37)55(44)35-19-5-2-6-20-35/h1-31H. The molecule has 0 amide bonds. The molecule has 0 aliphatic heterocycles. The highest BCUT2D eigenvalue weighted by Gasteiger charge is 2.21. The molecule has 4 heterocycles. The lowest BCUT2D eigenvalue weighted by molar-refractivity contribution is 0.669. The molecule has 0 aliphatic rings. The summed E-state index contributed by atoms with van der Waals surface area (Å²) < 4.78 is 10.8. The van der Waals surface area contributed by atoms with Gasteiger partial charge in [0.05, 0.1) is 22.1 Å². The molecule has 6 heteroatoms. The first-order valence-electron chi connectivity index (χ1n) is 19.1. The fraction of sp³-hybridized carbons (Fsp3) is 0. The SMILES string of the molecule is c1ccc(-c2nc(-c3cccc(-c4cccc5oc6ccccc6c45)c3)nc(-n3c4ccccc4c4cc5c(cc43)c3ccccc3n5-c3ccccc3)n2)cc1. The number of benzene rings is 8. The Hall–Kier alpha value is -7.83. The zero-order valence-corrected chi connectivity index (χ0v) is 30.5. The van der Waals surface area contributed by atoms with Gasteiger partial charge in [-0.1, -0.05) is 133 Å². The van der Waals surface area contributed by atoms with E-state index in [1.54, 1.807) is 0 Å². The summed E-state index contributed by atoms with van der Waals surface area (Å²) in [6.07, 6.45) is 0. The van der Waals surface area contributed by atoms with Crippen molar-refractivity contribution in [2.75, 3.05) is 0 Å². The van der Waals surface area contributed by atoms with Crippen LogP contribution in [0.1, 0.15) is 0 Å². The number of hydrogen-bond donors (Lipinski definition) is 0. The van der Waals surface area contributed by atoms with Gasteiger partial charge in [0.25, 0.3) is 0 Å². The summed E-state index contributed by atoms with van der Waals surface area (Å²) in [6, 6.07) is 65.5. The minimum Gasteiger partial charge on any atom is -0.456 e. The Kier molecular flexibility index (Phi) is 6.83. The number of hydrogen-bond acceptors (Lipinski definition) is 4. The second-order valence-electron chi connectivity index (χ2n) is 14.4. The van der Waals surface area contributed by atoms with Gasteiger partial charge in [0.2, 0.25) is 5.95 Å². The van der Waals surface area contributed by atoms with Crippen molar-refractivity contribution in [3.8, 4) is 45.5 Å². The third kappa shape index (κ3) is 4.87. The number of fused-ring (bicyclic) bond motifs is 9. The lowest BCUT2D eigenvalue weighted by Gasteiger charge is -2.12. The number of para-hydroxylation sites is 4. The molecular weight excluding hydrogens is 699 g/mol. The van der Waals surface area contributed by atoms with Gasteiger partial charge in [0.1, 0.15) is 11.2 Å². The molecule has 57 heavy (non-hydrogen) atoms. The van der Waals surface area contributed by atoms with Gasteiger partial charge < -0.3 is 8.98 Å². The van der Waals surface area contributed by atoms with Crippen LogP contribution in [0.25, 0.3) is 111 Å². The molecule has 0 spiro atoms. The van der Waals surface area contributed by atoms with E-state index >= 15 is 0 Å². The van der Waals surface area contributed by atoms with Crippen molar-refractivity contribution in [3.05, 3.63) is 188 Å². The highest BCUT2D eigenvalue weighted by molar-refractivity contribution is 6.19. The molecule has 0 aliphatic carbocycles. The molecule has 0 bridgehead atoms. The number of aromatic nitrogens is 5. The Labute approximate surface area is 326 Å². The summed E-state index contributed by atoms with van der Waals surface area (Å²) >= 11 is 0. The maximum atomic E-state index is 6.26. The van der Waals surface area contributed by atoms with E-state index in [-0.39, 0.29) is 0 Å². The lowest BCUT2D eigenvalue weighted by Crippen LogP contribution is -2.06. The van der Waals surface area contributed by atoms with Gasteiger partial charge in [0, 0.05) is 49.1 Å². The molecule has 8 aromatic carbocycles. The van der Waals surface area contributed by atoms with E-state index in [1.807, 2.05) is 36.4 Å². The van der Waals surface area contributed by atoms with Gasteiger partial charge in [-0.2, -0.15) is 9.97 Å². The zero-order valence-electron chi connectivity index (χ0n) is 30.5. The quantitative estimate of drug-likeness (QED) is 0.177. The third-order valence-corrected chi connectivity index (χ3v) is 11.2. The van der Waals surface area contributed by atoms with Crippen LogP contribution in [0.2, 0.25) is 0 Å². The van der Waals surface area contributed by atoms with E-state index in [4.69, 9.17) is 19.4 Å². The Morgan fingerprint density at radius 3 is 1.65 bits per heavy atom. The highest BCUT2D eigenvalue weighted by Crippen LogP contribution is 2.41. The molecule has 0 saturated carbocycles. The molecule has 0 saturated heterocycles. The maximum absolute atomic E-state index is 6.26. The molecule has 0 unspecified atom stereocenters. The fourth-order valence-corrected chi connectivity index (χ4v) is 8.65. The van der Waals surface area contributed by atoms with Crippen molar-refractivity contribution in [1.82, 2.24) is 24.1 Å². The zero-order chi connectivity index (χ0) is 37.5. The van der Waals surface area contributed by atoms with Crippen LogP contribution in [-0.2, 0) is 0 Å². The van der Waals surface area contributed by atoms with Gasteiger partial charge in [-0.15, -0.1) is 0 Å². The number of furan rings is 1. The molecule has 4 aromatic heterocycles. The Morgan fingerprint density at radius 2 is 0.895 bits per heavy atom. The first-order valence-corrected chi connectivity index (χ1v) is 19.1. The summed E-state index contributed by atoms with van der Waals surface area (Å²) in [5.41, 5.74) is 11.2. The average molecular weight is 730 g/mol. The fourth-order valence-electron chi connectivity index (χ4n) is 8.65. The molecular formula is C51H31N5O. The average Bonchev–Trinajstić information content (AvgIpc) is 3.93. The Balaban J connectivity index is 1.12. The van der Waals surface area contributed by atoms with Crippen LogP contribution in [0, 0.1) is 0 Å². The summed E-state index contributed by atoms with van der Waals surface area (Å²) in [5, 5.41) is 6.80. The third-order valence-electron chi connectivity index (χ3n) is 11.2. The van der Waals surface area contributed by atoms with E-state index in [1.165, 1.54) is 5.39 Å². The van der Waals surface area contributed by atoms with Crippen molar-refractivity contribution in [3.63, 3.8) is 0 Å². The molecule has 6 nitrogen and oxygen atoms in total. The van der Waals surface area contributed by atoms with Crippen LogP contribution in [-0.4, -0.2) is 24.1 Å². The van der Waals surface area contributed by atoms with Crippen LogP contribution in [0.5, 0.6) is 0 Å². The molecule has 0 N–H and O–H groups in total. The van der Waals surface area contributed by atoms with Crippen molar-refractivity contribution in [2.45, 2.75) is 0 Å². The summed E-state index contributed by atoms with van der Waals surface area (Å²) in [4.78, 5) is 15.7. The minimum atomic E-state index is 0.560. The maximum Gasteiger partial charge on any atom is 0.238 e. The van der Waals surface area contributed by atoms with Crippen LogP contribution < -0.4 is 0 Å². The van der Waals surface area contributed by atoms with Gasteiger partial charge in [-0.25, -0.2) is 4.98 Å². The molecule has 0 atom stereocenters. The van der Waals surface area contributed by atoms with Crippen LogP contribution >= 0.6 is 0 Å². The minimum absolute atomic E-state index is 0.560. The second kappa shape index (κ2) is 12.3. The topological polar surface area (TPSA) is 61.7 Å². The van der Waals surface area contributed by atoms with E-state index < -0.39 is 0 Å². The van der Waals surface area contributed by atoms with Gasteiger partial charge >= 0.3 is 0 Å². The summed E-state index contributed by atoms with van der Waals surface area (Å²) in [6.45, 7) is 0. The number of nitrogens with zero attached hydrogens (tertiary/aromatic N) is 5. The van der Waals surface area contributed by atoms with Crippen LogP contribution in [0.3, 0.4) is 0 Å². The monoisotopic (exact) mass is 729 g/mol. The van der Waals surface area contributed by atoms with Crippen molar-refractivity contribution >= 4 is 65.6 Å². The van der Waals surface area contributed by atoms with Crippen LogP contribution in [0.15, 0.2) is 192 Å². The van der Waals surface area contributed by atoms with E-state index in [0.29, 0.717) is 17.6 Å². The largest absolute Gasteiger partial charge is 0.456 e. The second-order valence-corrected chi connectivity index (χ2v) is 14.4. The predicted molar refractivity (Wildman–Crippen MR) is 232 cm³/mol. The first-order chi connectivity index (χ1) is 28.3. The molecule has 0 radical (unpaired) electrons. The summed E-state index contributed by atoms with van der Waals surface area (Å²) in [7, 11) is 0. The Morgan fingerprint density at radius 1 is 0.351 bits per heavy atom. The molecule has 0 fully saturated rings. The van der Waals surface area contributed by atoms with E-state index in [0.717, 1.165) is 88.1 Å². The van der Waals surface area contributed by atoms with Gasteiger partial charge in [0.15, 0.2) is 11.6 Å². The number of rotatable bonds is 5. The molecule has 266 valence electrons. The van der Waals surface area contributed by atoms with Crippen LogP contribution in [0.4, 0.5) is 0 Å². The molecule has 12 rings (SSSR count). The predicted octanol–water partition coefficient (Wildman–Crippen LogP) is 13.0. The van der Waals surface area contributed by atoms with Gasteiger partial charge in [-0.3, -0.25) is 4.57 Å². The van der Waals surface area contributed by atoms with Crippen molar-refractivity contribution in [2.24, 2.45) is 0 Å². The van der Waals surface area contributed by atoms with Crippen molar-refractivity contribution < 1.29 is 4.42 Å². The summed E-state index contributed by atoms with van der Waals surface area (Å²) in [5.74, 6) is 1.76. The van der Waals surface area contributed by atoms with E-state index in [9.17, 15) is 0 Å². The Bertz CT molecular complexity index is 3520. The smallest absolute Gasteiger partial charge is 0.238 e. The van der Waals surface area contributed by atoms with Gasteiger partial charge in [-0.05, 0) is 65.7 Å². The highest BCUT2D eigenvalue weighted by atomic mass is 16.3. The lowest BCUT2D eigenvalue weighted by atomic mass is 9.98.